The quantitative estimate of drug-likeness (QED) is 0.650. The first-order valence-corrected chi connectivity index (χ1v) is 3.69. The number of rotatable bonds is 3. The summed E-state index contributed by atoms with van der Waals surface area (Å²) in [7, 11) is 0. The third kappa shape index (κ3) is 1.15. The SMILES string of the molecule is NCCC1(C(F)F)CCC1. The molecule has 0 saturated heterocycles. The van der Waals surface area contributed by atoms with E-state index < -0.39 is 11.8 Å². The number of hydrogen-bond acceptors (Lipinski definition) is 1. The molecule has 1 aliphatic rings. The van der Waals surface area contributed by atoms with E-state index in [1.807, 2.05) is 0 Å². The molecule has 0 heterocycles. The van der Waals surface area contributed by atoms with E-state index >= 15 is 0 Å². The van der Waals surface area contributed by atoms with Gasteiger partial charge in [-0.15, -0.1) is 0 Å². The summed E-state index contributed by atoms with van der Waals surface area (Å²) in [6.45, 7) is 0.393. The first-order chi connectivity index (χ1) is 4.71. The molecule has 1 nitrogen and oxygen atoms in total. The zero-order valence-electron chi connectivity index (χ0n) is 5.95. The fourth-order valence-corrected chi connectivity index (χ4v) is 1.50. The van der Waals surface area contributed by atoms with E-state index in [0.29, 0.717) is 25.8 Å². The second-order valence-electron chi connectivity index (χ2n) is 3.06. The summed E-state index contributed by atoms with van der Waals surface area (Å²) in [4.78, 5) is 0. The molecule has 1 fully saturated rings. The molecule has 1 rings (SSSR count). The van der Waals surface area contributed by atoms with Gasteiger partial charge in [0.25, 0.3) is 0 Å². The zero-order chi connectivity index (χ0) is 7.61. The maximum atomic E-state index is 12.3. The van der Waals surface area contributed by atoms with E-state index in [9.17, 15) is 8.78 Å². The van der Waals surface area contributed by atoms with Crippen LogP contribution in [0.25, 0.3) is 0 Å². The monoisotopic (exact) mass is 149 g/mol. The van der Waals surface area contributed by atoms with E-state index in [1.165, 1.54) is 0 Å². The van der Waals surface area contributed by atoms with E-state index in [4.69, 9.17) is 5.73 Å². The highest BCUT2D eigenvalue weighted by Gasteiger charge is 2.44. The predicted molar refractivity (Wildman–Crippen MR) is 36.0 cm³/mol. The Morgan fingerprint density at radius 2 is 2.00 bits per heavy atom. The standard InChI is InChI=1S/C7H13F2N/c8-6(9)7(4-5-10)2-1-3-7/h6H,1-5,10H2. The third-order valence-corrected chi connectivity index (χ3v) is 2.45. The molecule has 0 amide bonds. The summed E-state index contributed by atoms with van der Waals surface area (Å²) in [5.74, 6) is 0. The van der Waals surface area contributed by atoms with Gasteiger partial charge in [-0.2, -0.15) is 0 Å². The van der Waals surface area contributed by atoms with Gasteiger partial charge in [-0.05, 0) is 25.8 Å². The van der Waals surface area contributed by atoms with Crippen LogP contribution in [-0.4, -0.2) is 13.0 Å². The average molecular weight is 149 g/mol. The summed E-state index contributed by atoms with van der Waals surface area (Å²) in [5, 5.41) is 0. The first kappa shape index (κ1) is 7.92. The summed E-state index contributed by atoms with van der Waals surface area (Å²) in [6, 6.07) is 0. The average Bonchev–Trinajstić information content (AvgIpc) is 1.77. The summed E-state index contributed by atoms with van der Waals surface area (Å²) >= 11 is 0. The molecular formula is C7H13F2N. The van der Waals surface area contributed by atoms with Crippen LogP contribution in [0.4, 0.5) is 8.78 Å². The molecule has 0 aromatic heterocycles. The van der Waals surface area contributed by atoms with Crippen LogP contribution in [-0.2, 0) is 0 Å². The molecule has 0 aromatic carbocycles. The Morgan fingerprint density at radius 3 is 2.10 bits per heavy atom. The maximum Gasteiger partial charge on any atom is 0.244 e. The van der Waals surface area contributed by atoms with Gasteiger partial charge in [-0.3, -0.25) is 0 Å². The smallest absolute Gasteiger partial charge is 0.244 e. The van der Waals surface area contributed by atoms with Gasteiger partial charge in [0.05, 0.1) is 0 Å². The van der Waals surface area contributed by atoms with Gasteiger partial charge in [0.2, 0.25) is 6.43 Å². The molecular weight excluding hydrogens is 136 g/mol. The van der Waals surface area contributed by atoms with E-state index in [1.54, 1.807) is 0 Å². The largest absolute Gasteiger partial charge is 0.330 e. The third-order valence-electron chi connectivity index (χ3n) is 2.45. The van der Waals surface area contributed by atoms with Crippen LogP contribution in [0.1, 0.15) is 25.7 Å². The van der Waals surface area contributed by atoms with Crippen molar-refractivity contribution in [2.24, 2.45) is 11.1 Å². The summed E-state index contributed by atoms with van der Waals surface area (Å²) < 4.78 is 24.5. The number of nitrogens with two attached hydrogens (primary N) is 1. The highest BCUT2D eigenvalue weighted by atomic mass is 19.3. The van der Waals surface area contributed by atoms with Crippen molar-refractivity contribution in [1.82, 2.24) is 0 Å². The molecule has 0 atom stereocenters. The van der Waals surface area contributed by atoms with Crippen molar-refractivity contribution in [3.8, 4) is 0 Å². The summed E-state index contributed by atoms with van der Waals surface area (Å²) in [6.07, 6.45) is 0.614. The van der Waals surface area contributed by atoms with Crippen molar-refractivity contribution in [3.63, 3.8) is 0 Å². The van der Waals surface area contributed by atoms with Gasteiger partial charge in [-0.1, -0.05) is 6.42 Å². The topological polar surface area (TPSA) is 26.0 Å². The number of halogens is 2. The van der Waals surface area contributed by atoms with Crippen LogP contribution in [0.15, 0.2) is 0 Å². The molecule has 1 saturated carbocycles. The van der Waals surface area contributed by atoms with Crippen LogP contribution in [0.5, 0.6) is 0 Å². The molecule has 2 N–H and O–H groups in total. The van der Waals surface area contributed by atoms with Crippen LogP contribution in [0.2, 0.25) is 0 Å². The molecule has 0 bridgehead atoms. The molecule has 0 radical (unpaired) electrons. The van der Waals surface area contributed by atoms with Crippen LogP contribution in [0.3, 0.4) is 0 Å². The Balaban J connectivity index is 2.42. The van der Waals surface area contributed by atoms with E-state index in [-0.39, 0.29) is 0 Å². The Morgan fingerprint density at radius 1 is 1.40 bits per heavy atom. The zero-order valence-corrected chi connectivity index (χ0v) is 5.95. The van der Waals surface area contributed by atoms with Crippen LogP contribution >= 0.6 is 0 Å². The van der Waals surface area contributed by atoms with Crippen LogP contribution < -0.4 is 5.73 Å². The van der Waals surface area contributed by atoms with Gasteiger partial charge >= 0.3 is 0 Å². The minimum atomic E-state index is -2.16. The lowest BCUT2D eigenvalue weighted by Crippen LogP contribution is -2.38. The van der Waals surface area contributed by atoms with Gasteiger partial charge in [0.1, 0.15) is 0 Å². The molecule has 0 aromatic rings. The van der Waals surface area contributed by atoms with Gasteiger partial charge in [0, 0.05) is 5.41 Å². The van der Waals surface area contributed by atoms with Crippen molar-refractivity contribution in [3.05, 3.63) is 0 Å². The minimum Gasteiger partial charge on any atom is -0.330 e. The minimum absolute atomic E-state index is 0.393. The normalized spacial score (nSPS) is 22.8. The van der Waals surface area contributed by atoms with E-state index in [0.717, 1.165) is 6.42 Å². The van der Waals surface area contributed by atoms with Gasteiger partial charge in [0.15, 0.2) is 0 Å². The lowest BCUT2D eigenvalue weighted by Gasteiger charge is -2.40. The second kappa shape index (κ2) is 2.82. The Kier molecular flexibility index (Phi) is 2.24. The highest BCUT2D eigenvalue weighted by Crippen LogP contribution is 2.48. The Labute approximate surface area is 59.6 Å². The predicted octanol–water partition coefficient (Wildman–Crippen LogP) is 1.77. The fraction of sp³-hybridized carbons (Fsp3) is 1.00. The maximum absolute atomic E-state index is 12.3. The van der Waals surface area contributed by atoms with Crippen molar-refractivity contribution < 1.29 is 8.78 Å². The molecule has 60 valence electrons. The van der Waals surface area contributed by atoms with Crippen molar-refractivity contribution in [2.45, 2.75) is 32.1 Å². The van der Waals surface area contributed by atoms with Crippen LogP contribution in [0, 0.1) is 5.41 Å². The van der Waals surface area contributed by atoms with Crippen molar-refractivity contribution in [1.29, 1.82) is 0 Å². The Hall–Kier alpha value is -0.180. The fourth-order valence-electron chi connectivity index (χ4n) is 1.50. The molecule has 0 unspecified atom stereocenters. The lowest BCUT2D eigenvalue weighted by molar-refractivity contribution is -0.0641. The molecule has 0 aliphatic heterocycles. The molecule has 10 heavy (non-hydrogen) atoms. The number of alkyl halides is 2. The van der Waals surface area contributed by atoms with Gasteiger partial charge < -0.3 is 5.73 Å². The Bertz CT molecular complexity index is 110. The first-order valence-electron chi connectivity index (χ1n) is 3.69. The molecule has 3 heteroatoms. The second-order valence-corrected chi connectivity index (χ2v) is 3.06. The van der Waals surface area contributed by atoms with Crippen molar-refractivity contribution >= 4 is 0 Å². The summed E-state index contributed by atoms with van der Waals surface area (Å²) in [5.41, 5.74) is 4.54. The highest BCUT2D eigenvalue weighted by molar-refractivity contribution is 4.89. The van der Waals surface area contributed by atoms with Crippen molar-refractivity contribution in [2.75, 3.05) is 6.54 Å². The number of hydrogen-bond donors (Lipinski definition) is 1. The lowest BCUT2D eigenvalue weighted by atomic mass is 9.67. The van der Waals surface area contributed by atoms with Gasteiger partial charge in [-0.25, -0.2) is 8.78 Å². The van der Waals surface area contributed by atoms with E-state index in [2.05, 4.69) is 0 Å². The molecule has 0 spiro atoms. The molecule has 1 aliphatic carbocycles.